The summed E-state index contributed by atoms with van der Waals surface area (Å²) in [4.78, 5) is 14.1. The Bertz CT molecular complexity index is 641. The van der Waals surface area contributed by atoms with Crippen molar-refractivity contribution in [2.75, 3.05) is 26.2 Å². The summed E-state index contributed by atoms with van der Waals surface area (Å²) in [5, 5.41) is 10.8. The van der Waals surface area contributed by atoms with Crippen molar-refractivity contribution < 1.29 is 19.1 Å². The monoisotopic (exact) mass is 393 g/mol. The fraction of sp³-hybridized carbons (Fsp3) is 0.667. The van der Waals surface area contributed by atoms with Gasteiger partial charge in [-0.2, -0.15) is 0 Å². The molecule has 0 aromatic heterocycles. The molecule has 1 N–H and O–H groups in total. The van der Waals surface area contributed by atoms with Gasteiger partial charge in [0.15, 0.2) is 8.32 Å². The van der Waals surface area contributed by atoms with Gasteiger partial charge in [0, 0.05) is 19.6 Å². The number of carbonyl (C=O) groups excluding carboxylic acids is 1. The van der Waals surface area contributed by atoms with Crippen LogP contribution >= 0.6 is 0 Å². The van der Waals surface area contributed by atoms with Gasteiger partial charge in [-0.25, -0.2) is 4.79 Å². The first-order chi connectivity index (χ1) is 12.5. The molecule has 5 nitrogen and oxygen atoms in total. The summed E-state index contributed by atoms with van der Waals surface area (Å²) in [6.07, 6.45) is 0.609. The van der Waals surface area contributed by atoms with Gasteiger partial charge in [0.05, 0.1) is 24.4 Å². The molecule has 1 unspecified atom stereocenters. The third-order valence-corrected chi connectivity index (χ3v) is 10.2. The standard InChI is InChI=1S/C21H35NO4Si/c1-7-25-20(24)17-10-8-9-16(13-17)19(23)15-22-12-11-18(14-22)26-27(5,6)21(2,3)4/h8-10,13,18-19,23H,7,11-12,14-15H2,1-6H3/t18-,19?/m0/s1. The van der Waals surface area contributed by atoms with Crippen LogP contribution in [0.15, 0.2) is 24.3 Å². The molecule has 1 fully saturated rings. The van der Waals surface area contributed by atoms with Gasteiger partial charge in [0.25, 0.3) is 0 Å². The molecular formula is C21H35NO4Si. The maximum atomic E-state index is 11.9. The lowest BCUT2D eigenvalue weighted by Crippen LogP contribution is -2.44. The molecule has 1 aromatic carbocycles. The first kappa shape index (κ1) is 22.1. The zero-order chi connectivity index (χ0) is 20.2. The number of carbonyl (C=O) groups is 1. The van der Waals surface area contributed by atoms with Gasteiger partial charge >= 0.3 is 5.97 Å². The van der Waals surface area contributed by atoms with Gasteiger partial charge < -0.3 is 14.3 Å². The van der Waals surface area contributed by atoms with E-state index in [2.05, 4.69) is 38.8 Å². The number of β-amino-alcohol motifs (C(OH)–C–C–N with tert-alkyl or cyclic N) is 1. The third-order valence-electron chi connectivity index (χ3n) is 5.71. The highest BCUT2D eigenvalue weighted by molar-refractivity contribution is 6.74. The van der Waals surface area contributed by atoms with Crippen LogP contribution in [-0.4, -0.2) is 56.6 Å². The van der Waals surface area contributed by atoms with E-state index in [1.54, 1.807) is 25.1 Å². The summed E-state index contributed by atoms with van der Waals surface area (Å²) >= 11 is 0. The predicted molar refractivity (Wildman–Crippen MR) is 110 cm³/mol. The zero-order valence-electron chi connectivity index (χ0n) is 17.6. The van der Waals surface area contributed by atoms with E-state index >= 15 is 0 Å². The minimum absolute atomic E-state index is 0.202. The van der Waals surface area contributed by atoms with E-state index in [-0.39, 0.29) is 17.1 Å². The van der Waals surface area contributed by atoms with Crippen molar-refractivity contribution in [3.8, 4) is 0 Å². The van der Waals surface area contributed by atoms with Crippen LogP contribution < -0.4 is 0 Å². The molecule has 152 valence electrons. The fourth-order valence-electron chi connectivity index (χ4n) is 3.09. The molecule has 1 aromatic rings. The number of hydrogen-bond donors (Lipinski definition) is 1. The fourth-order valence-corrected chi connectivity index (χ4v) is 4.47. The lowest BCUT2D eigenvalue weighted by molar-refractivity contribution is 0.0526. The molecule has 2 rings (SSSR count). The van der Waals surface area contributed by atoms with Gasteiger partial charge in [-0.3, -0.25) is 4.90 Å². The first-order valence-corrected chi connectivity index (χ1v) is 12.8. The minimum atomic E-state index is -1.77. The molecule has 27 heavy (non-hydrogen) atoms. The van der Waals surface area contributed by atoms with Crippen LogP contribution in [0, 0.1) is 0 Å². The average Bonchev–Trinajstić information content (AvgIpc) is 3.00. The largest absolute Gasteiger partial charge is 0.462 e. The summed E-state index contributed by atoms with van der Waals surface area (Å²) < 4.78 is 11.6. The van der Waals surface area contributed by atoms with Crippen LogP contribution in [0.4, 0.5) is 0 Å². The number of ether oxygens (including phenoxy) is 1. The molecule has 0 aliphatic carbocycles. The van der Waals surface area contributed by atoms with E-state index < -0.39 is 14.4 Å². The van der Waals surface area contributed by atoms with Crippen LogP contribution in [-0.2, 0) is 9.16 Å². The zero-order valence-corrected chi connectivity index (χ0v) is 18.6. The number of benzene rings is 1. The van der Waals surface area contributed by atoms with Crippen LogP contribution in [0.1, 0.15) is 56.1 Å². The van der Waals surface area contributed by atoms with E-state index in [9.17, 15) is 9.90 Å². The van der Waals surface area contributed by atoms with E-state index in [4.69, 9.17) is 9.16 Å². The Hall–Kier alpha value is -1.21. The van der Waals surface area contributed by atoms with Crippen molar-refractivity contribution >= 4 is 14.3 Å². The second kappa shape index (κ2) is 8.86. The number of esters is 1. The Morgan fingerprint density at radius 3 is 2.70 bits per heavy atom. The van der Waals surface area contributed by atoms with E-state index in [1.165, 1.54) is 0 Å². The summed E-state index contributed by atoms with van der Waals surface area (Å²) in [5.41, 5.74) is 1.23. The van der Waals surface area contributed by atoms with Crippen LogP contribution in [0.5, 0.6) is 0 Å². The Morgan fingerprint density at radius 1 is 1.37 bits per heavy atom. The van der Waals surface area contributed by atoms with Gasteiger partial charge in [-0.15, -0.1) is 0 Å². The second-order valence-corrected chi connectivity index (χ2v) is 13.7. The molecule has 0 bridgehead atoms. The van der Waals surface area contributed by atoms with E-state index in [0.717, 1.165) is 25.1 Å². The third kappa shape index (κ3) is 5.88. The predicted octanol–water partition coefficient (Wildman–Crippen LogP) is 3.99. The molecule has 1 heterocycles. The molecule has 0 amide bonds. The summed E-state index contributed by atoms with van der Waals surface area (Å²) in [5.74, 6) is -0.351. The molecule has 1 aliphatic heterocycles. The highest BCUT2D eigenvalue weighted by atomic mass is 28.4. The Kier molecular flexibility index (Phi) is 7.25. The molecule has 1 aliphatic rings. The number of aliphatic hydroxyl groups is 1. The highest BCUT2D eigenvalue weighted by Crippen LogP contribution is 2.38. The van der Waals surface area contributed by atoms with Crippen molar-refractivity contribution in [3.63, 3.8) is 0 Å². The van der Waals surface area contributed by atoms with Gasteiger partial charge in [-0.05, 0) is 49.2 Å². The van der Waals surface area contributed by atoms with Crippen molar-refractivity contribution in [2.24, 2.45) is 0 Å². The average molecular weight is 394 g/mol. The maximum absolute atomic E-state index is 11.9. The highest BCUT2D eigenvalue weighted by Gasteiger charge is 2.40. The van der Waals surface area contributed by atoms with E-state index in [0.29, 0.717) is 18.7 Å². The second-order valence-electron chi connectivity index (χ2n) is 8.91. The Balaban J connectivity index is 1.93. The minimum Gasteiger partial charge on any atom is -0.462 e. The Labute approximate surface area is 164 Å². The molecule has 1 saturated heterocycles. The van der Waals surface area contributed by atoms with Gasteiger partial charge in [0.1, 0.15) is 0 Å². The summed E-state index contributed by atoms with van der Waals surface area (Å²) in [7, 11) is -1.77. The number of rotatable bonds is 7. The van der Waals surface area contributed by atoms with Crippen molar-refractivity contribution in [2.45, 2.75) is 64.5 Å². The maximum Gasteiger partial charge on any atom is 0.338 e. The van der Waals surface area contributed by atoms with Crippen LogP contribution in [0.3, 0.4) is 0 Å². The Morgan fingerprint density at radius 2 is 2.07 bits per heavy atom. The van der Waals surface area contributed by atoms with E-state index in [1.807, 2.05) is 6.07 Å². The topological polar surface area (TPSA) is 59.0 Å². The summed E-state index contributed by atoms with van der Waals surface area (Å²) in [6.45, 7) is 15.8. The SMILES string of the molecule is CCOC(=O)c1cccc(C(O)CN2CC[C@H](O[Si](C)(C)C(C)(C)C)C2)c1. The smallest absolute Gasteiger partial charge is 0.338 e. The molecule has 2 atom stereocenters. The van der Waals surface area contributed by atoms with Gasteiger partial charge in [-0.1, -0.05) is 32.9 Å². The van der Waals surface area contributed by atoms with Crippen LogP contribution in [0.2, 0.25) is 18.1 Å². The molecule has 6 heteroatoms. The van der Waals surface area contributed by atoms with Crippen LogP contribution in [0.25, 0.3) is 0 Å². The number of nitrogens with zero attached hydrogens (tertiary/aromatic N) is 1. The molecule has 0 saturated carbocycles. The molecular weight excluding hydrogens is 358 g/mol. The number of hydrogen-bond acceptors (Lipinski definition) is 5. The molecule has 0 radical (unpaired) electrons. The van der Waals surface area contributed by atoms with Crippen molar-refractivity contribution in [1.82, 2.24) is 4.90 Å². The quantitative estimate of drug-likeness (QED) is 0.561. The molecule has 0 spiro atoms. The van der Waals surface area contributed by atoms with Gasteiger partial charge in [0.2, 0.25) is 0 Å². The summed E-state index contributed by atoms with van der Waals surface area (Å²) in [6, 6.07) is 7.08. The van der Waals surface area contributed by atoms with Crippen molar-refractivity contribution in [1.29, 1.82) is 0 Å². The first-order valence-electron chi connectivity index (χ1n) is 9.89. The number of likely N-dealkylation sites (tertiary alicyclic amines) is 1. The lowest BCUT2D eigenvalue weighted by atomic mass is 10.1. The van der Waals surface area contributed by atoms with Crippen molar-refractivity contribution in [3.05, 3.63) is 35.4 Å². The normalized spacial score (nSPS) is 19.9. The number of aliphatic hydroxyl groups excluding tert-OH is 1. The lowest BCUT2D eigenvalue weighted by Gasteiger charge is -2.38.